The van der Waals surface area contributed by atoms with E-state index < -0.39 is 11.7 Å². The lowest BCUT2D eigenvalue weighted by molar-refractivity contribution is -0.138. The Balaban J connectivity index is 1.69. The van der Waals surface area contributed by atoms with Crippen LogP contribution in [0.15, 0.2) is 24.4 Å². The lowest BCUT2D eigenvalue weighted by Crippen LogP contribution is -2.41. The Kier molecular flexibility index (Phi) is 7.16. The number of nitriles is 1. The fourth-order valence-electron chi connectivity index (χ4n) is 4.00. The first kappa shape index (κ1) is 24.1. The fraction of sp³-hybridized carbons (Fsp3) is 0.500. The molecule has 1 aromatic carbocycles. The van der Waals surface area contributed by atoms with E-state index in [0.717, 1.165) is 6.42 Å². The summed E-state index contributed by atoms with van der Waals surface area (Å²) in [6.45, 7) is 4.14. The van der Waals surface area contributed by atoms with Crippen molar-refractivity contribution in [1.29, 1.82) is 5.26 Å². The Bertz CT molecular complexity index is 1010. The van der Waals surface area contributed by atoms with Gasteiger partial charge in [-0.05, 0) is 42.7 Å². The molecule has 1 aliphatic carbocycles. The molecular weight excluding hydrogens is 443 g/mol. The van der Waals surface area contributed by atoms with Gasteiger partial charge in [0.25, 0.3) is 0 Å². The van der Waals surface area contributed by atoms with Gasteiger partial charge >= 0.3 is 6.18 Å². The largest absolute Gasteiger partial charge is 0.418 e. The molecule has 0 amide bonds. The van der Waals surface area contributed by atoms with E-state index in [4.69, 9.17) is 11.6 Å². The van der Waals surface area contributed by atoms with Crippen LogP contribution in [0.5, 0.6) is 0 Å². The van der Waals surface area contributed by atoms with Gasteiger partial charge in [-0.3, -0.25) is 0 Å². The Labute approximate surface area is 189 Å². The smallest absolute Gasteiger partial charge is 0.393 e. The number of benzene rings is 1. The molecule has 0 radical (unpaired) electrons. The number of hydrogen-bond acceptors (Lipinski definition) is 6. The molecule has 0 aliphatic heterocycles. The Morgan fingerprint density at radius 1 is 1.31 bits per heavy atom. The van der Waals surface area contributed by atoms with E-state index in [1.807, 2.05) is 19.9 Å². The number of rotatable bonds is 6. The zero-order valence-corrected chi connectivity index (χ0v) is 18.6. The summed E-state index contributed by atoms with van der Waals surface area (Å²) in [7, 11) is 0. The number of aliphatic hydroxyl groups is 1. The van der Waals surface area contributed by atoms with Gasteiger partial charge in [-0.25, -0.2) is 4.98 Å². The van der Waals surface area contributed by atoms with E-state index in [1.54, 1.807) is 0 Å². The van der Waals surface area contributed by atoms with E-state index in [0.29, 0.717) is 18.7 Å². The van der Waals surface area contributed by atoms with Gasteiger partial charge in [0.1, 0.15) is 17.5 Å². The topological polar surface area (TPSA) is 93.9 Å². The number of aliphatic hydroxyl groups excluding tert-OH is 1. The average molecular weight is 468 g/mol. The molecule has 6 nitrogen and oxygen atoms in total. The van der Waals surface area contributed by atoms with Crippen LogP contribution in [0, 0.1) is 16.7 Å². The highest BCUT2D eigenvalue weighted by atomic mass is 35.5. The number of anilines is 2. The summed E-state index contributed by atoms with van der Waals surface area (Å²) in [6.07, 6.45) is -1.40. The highest BCUT2D eigenvalue weighted by Gasteiger charge is 2.36. The highest BCUT2D eigenvalue weighted by molar-refractivity contribution is 6.31. The maximum atomic E-state index is 13.3. The van der Waals surface area contributed by atoms with Gasteiger partial charge in [0.2, 0.25) is 5.95 Å². The van der Waals surface area contributed by atoms with Crippen LogP contribution >= 0.6 is 11.6 Å². The van der Waals surface area contributed by atoms with Crippen molar-refractivity contribution in [3.05, 3.63) is 46.1 Å². The quantitative estimate of drug-likeness (QED) is 0.552. The molecule has 3 N–H and O–H groups in total. The first-order valence-electron chi connectivity index (χ1n) is 10.3. The predicted octanol–water partition coefficient (Wildman–Crippen LogP) is 5.03. The highest BCUT2D eigenvalue weighted by Crippen LogP contribution is 2.38. The van der Waals surface area contributed by atoms with Gasteiger partial charge in [0.15, 0.2) is 0 Å². The molecule has 0 saturated heterocycles. The molecule has 0 unspecified atom stereocenters. The van der Waals surface area contributed by atoms with Gasteiger partial charge in [-0.15, -0.1) is 0 Å². The van der Waals surface area contributed by atoms with Crippen molar-refractivity contribution in [2.75, 3.05) is 17.2 Å². The Morgan fingerprint density at radius 3 is 2.72 bits per heavy atom. The lowest BCUT2D eigenvalue weighted by Gasteiger charge is -2.40. The summed E-state index contributed by atoms with van der Waals surface area (Å²) in [5.41, 5.74) is -0.751. The summed E-state index contributed by atoms with van der Waals surface area (Å²) < 4.78 is 39.9. The summed E-state index contributed by atoms with van der Waals surface area (Å²) in [5, 5.41) is 25.4. The van der Waals surface area contributed by atoms with Crippen molar-refractivity contribution in [1.82, 2.24) is 9.97 Å². The summed E-state index contributed by atoms with van der Waals surface area (Å²) in [5.74, 6) is 0.568. The van der Waals surface area contributed by atoms with E-state index in [-0.39, 0.29) is 52.6 Å². The van der Waals surface area contributed by atoms with Crippen LogP contribution in [-0.4, -0.2) is 33.8 Å². The predicted molar refractivity (Wildman–Crippen MR) is 116 cm³/mol. The summed E-state index contributed by atoms with van der Waals surface area (Å²) in [6, 6.07) is 6.17. The minimum atomic E-state index is -4.54. The second-order valence-corrected chi connectivity index (χ2v) is 9.05. The van der Waals surface area contributed by atoms with E-state index in [9.17, 15) is 23.5 Å². The third-order valence-corrected chi connectivity index (χ3v) is 6.09. The second kappa shape index (κ2) is 9.51. The molecule has 0 bridgehead atoms. The van der Waals surface area contributed by atoms with Gasteiger partial charge < -0.3 is 15.7 Å². The maximum Gasteiger partial charge on any atom is 0.418 e. The molecule has 172 valence electrons. The number of nitrogens with zero attached hydrogens (tertiary/aromatic N) is 3. The average Bonchev–Trinajstić information content (AvgIpc) is 2.70. The van der Waals surface area contributed by atoms with Crippen molar-refractivity contribution in [2.24, 2.45) is 5.41 Å². The fourth-order valence-corrected chi connectivity index (χ4v) is 4.30. The Morgan fingerprint density at radius 2 is 2.06 bits per heavy atom. The van der Waals surface area contributed by atoms with Crippen LogP contribution < -0.4 is 10.6 Å². The number of nitrogens with one attached hydrogen (secondary N) is 2. The standard InChI is InChI=1S/C22H25ClF3N5O/c1-21(2)10-15(6-7-17(21)32)30-19-14(11-27)12-29-20(31-19)28-9-8-13-4-3-5-16(23)18(13)22(24,25)26/h3-5,12,15,17,32H,6-10H2,1-2H3,(H2,28,29,30,31)/t15-,17+/m1/s1. The van der Waals surface area contributed by atoms with E-state index in [1.165, 1.54) is 24.4 Å². The van der Waals surface area contributed by atoms with Crippen molar-refractivity contribution >= 4 is 23.4 Å². The zero-order chi connectivity index (χ0) is 23.5. The first-order chi connectivity index (χ1) is 15.0. The van der Waals surface area contributed by atoms with Crippen LogP contribution in [0.2, 0.25) is 5.02 Å². The van der Waals surface area contributed by atoms with Crippen molar-refractivity contribution in [3.8, 4) is 6.07 Å². The van der Waals surface area contributed by atoms with E-state index in [2.05, 4.69) is 20.6 Å². The molecule has 2 atom stereocenters. The van der Waals surface area contributed by atoms with Gasteiger partial charge in [-0.2, -0.15) is 23.4 Å². The minimum absolute atomic E-state index is 0.0315. The van der Waals surface area contributed by atoms with Crippen molar-refractivity contribution in [2.45, 2.75) is 57.9 Å². The number of hydrogen-bond donors (Lipinski definition) is 3. The number of aromatic nitrogens is 2. The van der Waals surface area contributed by atoms with Gasteiger partial charge in [0.05, 0.1) is 22.9 Å². The normalized spacial score (nSPS) is 20.4. The molecule has 32 heavy (non-hydrogen) atoms. The molecule has 1 aromatic heterocycles. The lowest BCUT2D eigenvalue weighted by atomic mass is 9.73. The van der Waals surface area contributed by atoms with Gasteiger partial charge in [0, 0.05) is 12.6 Å². The first-order valence-corrected chi connectivity index (χ1v) is 10.7. The van der Waals surface area contributed by atoms with Crippen LogP contribution in [0.4, 0.5) is 24.9 Å². The zero-order valence-electron chi connectivity index (χ0n) is 17.8. The third-order valence-electron chi connectivity index (χ3n) is 5.77. The van der Waals surface area contributed by atoms with Gasteiger partial charge in [-0.1, -0.05) is 37.6 Å². The molecule has 1 saturated carbocycles. The second-order valence-electron chi connectivity index (χ2n) is 8.64. The molecule has 1 heterocycles. The maximum absolute atomic E-state index is 13.3. The van der Waals surface area contributed by atoms with Crippen molar-refractivity contribution in [3.63, 3.8) is 0 Å². The molecular formula is C22H25ClF3N5O. The molecule has 0 spiro atoms. The molecule has 10 heteroatoms. The number of alkyl halides is 3. The minimum Gasteiger partial charge on any atom is -0.393 e. The van der Waals surface area contributed by atoms with Crippen LogP contribution in [0.25, 0.3) is 0 Å². The van der Waals surface area contributed by atoms with E-state index >= 15 is 0 Å². The van der Waals surface area contributed by atoms with Crippen LogP contribution in [-0.2, 0) is 12.6 Å². The summed E-state index contributed by atoms with van der Waals surface area (Å²) in [4.78, 5) is 8.45. The molecule has 1 fully saturated rings. The monoisotopic (exact) mass is 467 g/mol. The van der Waals surface area contributed by atoms with Crippen LogP contribution in [0.1, 0.15) is 49.8 Å². The molecule has 3 rings (SSSR count). The molecule has 2 aromatic rings. The molecule has 1 aliphatic rings. The Hall–Kier alpha value is -2.57. The SMILES string of the molecule is CC1(C)C[C@H](Nc2nc(NCCc3cccc(Cl)c3C(F)(F)F)ncc2C#N)CC[C@@H]1O. The third kappa shape index (κ3) is 5.61. The van der Waals surface area contributed by atoms with Crippen molar-refractivity contribution < 1.29 is 18.3 Å². The van der Waals surface area contributed by atoms with Crippen LogP contribution in [0.3, 0.4) is 0 Å². The number of halogens is 4. The summed E-state index contributed by atoms with van der Waals surface area (Å²) >= 11 is 5.77.